The summed E-state index contributed by atoms with van der Waals surface area (Å²) in [5.74, 6) is 0.305. The van der Waals surface area contributed by atoms with Crippen molar-refractivity contribution in [3.05, 3.63) is 84.2 Å². The van der Waals surface area contributed by atoms with E-state index in [1.54, 1.807) is 12.1 Å². The van der Waals surface area contributed by atoms with Crippen LogP contribution in [-0.2, 0) is 6.61 Å². The van der Waals surface area contributed by atoms with Crippen LogP contribution in [0.2, 0.25) is 25.1 Å². The predicted octanol–water partition coefficient (Wildman–Crippen LogP) is 8.32. The van der Waals surface area contributed by atoms with Gasteiger partial charge in [-0.15, -0.1) is 0 Å². The van der Waals surface area contributed by atoms with E-state index in [0.29, 0.717) is 5.76 Å². The summed E-state index contributed by atoms with van der Waals surface area (Å²) < 4.78 is 11.2. The molecule has 3 rings (SSSR count). The van der Waals surface area contributed by atoms with Gasteiger partial charge < -0.3 is 14.5 Å². The smallest absolute Gasteiger partial charge is 0.287 e. The number of nitrogens with one attached hydrogen (secondary N) is 1. The quantitative estimate of drug-likeness (QED) is 0.251. The largest absolute Gasteiger partial charge is 0.482 e. The second-order valence-corrected chi connectivity index (χ2v) is 8.69. The molecule has 0 spiro atoms. The Bertz CT molecular complexity index is 1070. The van der Waals surface area contributed by atoms with Crippen LogP contribution in [0.5, 0.6) is 5.75 Å². The molecular formula is C22H18Cl5NO3. The van der Waals surface area contributed by atoms with E-state index < -0.39 is 0 Å². The molecule has 0 aliphatic rings. The molecule has 4 nitrogen and oxygen atoms in total. The van der Waals surface area contributed by atoms with Crippen LogP contribution in [0.1, 0.15) is 46.8 Å². The monoisotopic (exact) mass is 519 g/mol. The van der Waals surface area contributed by atoms with Crippen LogP contribution in [0.25, 0.3) is 0 Å². The molecule has 1 amide bonds. The van der Waals surface area contributed by atoms with Gasteiger partial charge >= 0.3 is 0 Å². The van der Waals surface area contributed by atoms with Gasteiger partial charge in [-0.25, -0.2) is 0 Å². The van der Waals surface area contributed by atoms with E-state index in [-0.39, 0.29) is 55.2 Å². The molecule has 0 saturated carbocycles. The van der Waals surface area contributed by atoms with E-state index in [9.17, 15) is 4.79 Å². The van der Waals surface area contributed by atoms with Crippen molar-refractivity contribution in [2.75, 3.05) is 0 Å². The number of carbonyl (C=O) groups is 1. The van der Waals surface area contributed by atoms with E-state index in [2.05, 4.69) is 5.32 Å². The molecule has 0 aliphatic heterocycles. The highest BCUT2D eigenvalue weighted by molar-refractivity contribution is 6.55. The second-order valence-electron chi connectivity index (χ2n) is 6.80. The molecule has 0 aliphatic carbocycles. The van der Waals surface area contributed by atoms with E-state index in [0.717, 1.165) is 17.5 Å². The number of amides is 1. The van der Waals surface area contributed by atoms with Gasteiger partial charge in [-0.1, -0.05) is 94.8 Å². The van der Waals surface area contributed by atoms with Crippen LogP contribution in [0.15, 0.2) is 40.8 Å². The minimum Gasteiger partial charge on any atom is -0.482 e. The summed E-state index contributed by atoms with van der Waals surface area (Å²) in [6, 6.07) is 11.1. The topological polar surface area (TPSA) is 51.5 Å². The highest BCUT2D eigenvalue weighted by atomic mass is 35.5. The van der Waals surface area contributed by atoms with Gasteiger partial charge in [0.05, 0.1) is 21.1 Å². The zero-order valence-corrected chi connectivity index (χ0v) is 20.3. The van der Waals surface area contributed by atoms with Crippen LogP contribution in [-0.4, -0.2) is 5.91 Å². The molecular weight excluding hydrogens is 504 g/mol. The molecule has 9 heteroatoms. The van der Waals surface area contributed by atoms with E-state index >= 15 is 0 Å². The maximum absolute atomic E-state index is 12.6. The van der Waals surface area contributed by atoms with Crippen molar-refractivity contribution in [1.82, 2.24) is 5.32 Å². The number of rotatable bonds is 7. The fourth-order valence-corrected chi connectivity index (χ4v) is 4.11. The molecule has 1 unspecified atom stereocenters. The Morgan fingerprint density at radius 3 is 2.10 bits per heavy atom. The maximum Gasteiger partial charge on any atom is 0.287 e. The Morgan fingerprint density at radius 2 is 1.52 bits per heavy atom. The predicted molar refractivity (Wildman–Crippen MR) is 126 cm³/mol. The van der Waals surface area contributed by atoms with Crippen molar-refractivity contribution in [3.63, 3.8) is 0 Å². The zero-order valence-electron chi connectivity index (χ0n) is 16.6. The number of carbonyl (C=O) groups excluding carboxylic acids is 1. The van der Waals surface area contributed by atoms with Gasteiger partial charge in [-0.2, -0.15) is 0 Å². The van der Waals surface area contributed by atoms with Crippen molar-refractivity contribution < 1.29 is 13.9 Å². The van der Waals surface area contributed by atoms with Crippen LogP contribution < -0.4 is 10.1 Å². The molecule has 0 fully saturated rings. The summed E-state index contributed by atoms with van der Waals surface area (Å²) in [4.78, 5) is 12.6. The van der Waals surface area contributed by atoms with Gasteiger partial charge in [0.15, 0.2) is 11.5 Å². The zero-order chi connectivity index (χ0) is 22.7. The highest BCUT2D eigenvalue weighted by Gasteiger charge is 2.22. The normalized spacial score (nSPS) is 12.0. The first-order valence-corrected chi connectivity index (χ1v) is 11.2. The van der Waals surface area contributed by atoms with Gasteiger partial charge in [0.1, 0.15) is 22.4 Å². The van der Waals surface area contributed by atoms with Gasteiger partial charge in [-0.3, -0.25) is 4.79 Å². The van der Waals surface area contributed by atoms with Crippen molar-refractivity contribution in [2.24, 2.45) is 0 Å². The Labute approximate surface area is 205 Å². The Balaban J connectivity index is 1.69. The number of hydrogen-bond acceptors (Lipinski definition) is 3. The number of benzene rings is 2. The van der Waals surface area contributed by atoms with Crippen LogP contribution in [0.4, 0.5) is 0 Å². The Hall–Kier alpha value is -1.56. The van der Waals surface area contributed by atoms with E-state index in [1.807, 2.05) is 38.1 Å². The highest BCUT2D eigenvalue weighted by Crippen LogP contribution is 2.48. The fourth-order valence-electron chi connectivity index (χ4n) is 2.88. The number of halogens is 5. The van der Waals surface area contributed by atoms with Gasteiger partial charge in [-0.05, 0) is 31.0 Å². The Morgan fingerprint density at radius 1 is 0.935 bits per heavy atom. The molecule has 164 valence electrons. The number of ether oxygens (including phenoxy) is 1. The molecule has 1 N–H and O–H groups in total. The third-order valence-corrected chi connectivity index (χ3v) is 6.85. The molecule has 0 radical (unpaired) electrons. The summed E-state index contributed by atoms with van der Waals surface area (Å²) in [6.45, 7) is 3.97. The molecule has 0 saturated heterocycles. The lowest BCUT2D eigenvalue weighted by molar-refractivity contribution is 0.0903. The average Bonchev–Trinajstić information content (AvgIpc) is 3.24. The molecule has 1 aromatic heterocycles. The summed E-state index contributed by atoms with van der Waals surface area (Å²) in [6.07, 6.45) is 0.737. The third kappa shape index (κ3) is 5.44. The van der Waals surface area contributed by atoms with Gasteiger partial charge in [0.2, 0.25) is 0 Å². The summed E-state index contributed by atoms with van der Waals surface area (Å²) in [7, 11) is 0. The first kappa shape index (κ1) is 24.1. The number of aryl methyl sites for hydroxylation is 1. The van der Waals surface area contributed by atoms with Crippen molar-refractivity contribution in [2.45, 2.75) is 32.9 Å². The first-order chi connectivity index (χ1) is 14.7. The summed E-state index contributed by atoms with van der Waals surface area (Å²) >= 11 is 30.4. The SMILES string of the molecule is CCC(NC(=O)c1ccc(COc2c(Cl)c(Cl)c(Cl)c(Cl)c2Cl)o1)c1ccc(C)cc1. The van der Waals surface area contributed by atoms with E-state index in [1.165, 1.54) is 0 Å². The number of furan rings is 1. The van der Waals surface area contributed by atoms with Crippen molar-refractivity contribution in [3.8, 4) is 5.75 Å². The van der Waals surface area contributed by atoms with Crippen molar-refractivity contribution >= 4 is 63.9 Å². The molecule has 31 heavy (non-hydrogen) atoms. The molecule has 2 aromatic carbocycles. The first-order valence-electron chi connectivity index (χ1n) is 9.33. The van der Waals surface area contributed by atoms with Crippen LogP contribution in [0, 0.1) is 6.92 Å². The lowest BCUT2D eigenvalue weighted by atomic mass is 10.0. The second kappa shape index (κ2) is 10.4. The van der Waals surface area contributed by atoms with Crippen molar-refractivity contribution in [1.29, 1.82) is 0 Å². The van der Waals surface area contributed by atoms with Gasteiger partial charge in [0.25, 0.3) is 5.91 Å². The molecule has 1 atom stereocenters. The lowest BCUT2D eigenvalue weighted by Gasteiger charge is -2.17. The minimum absolute atomic E-state index is 0.0361. The third-order valence-electron chi connectivity index (χ3n) is 4.61. The summed E-state index contributed by atoms with van der Waals surface area (Å²) in [5, 5.41) is 3.17. The molecule has 1 heterocycles. The summed E-state index contributed by atoms with van der Waals surface area (Å²) in [5.41, 5.74) is 2.18. The maximum atomic E-state index is 12.6. The van der Waals surface area contributed by atoms with Gasteiger partial charge in [0, 0.05) is 0 Å². The average molecular weight is 522 g/mol. The number of hydrogen-bond donors (Lipinski definition) is 1. The minimum atomic E-state index is -0.327. The van der Waals surface area contributed by atoms with E-state index in [4.69, 9.17) is 67.2 Å². The molecule has 0 bridgehead atoms. The molecule has 3 aromatic rings. The standard InChI is InChI=1S/C22H18Cl5NO3/c1-3-14(12-6-4-11(2)5-7-12)28-22(29)15-9-8-13(31-15)10-30-21-19(26)17(24)16(23)18(25)20(21)27/h4-9,14H,3,10H2,1-2H3,(H,28,29). The van der Waals surface area contributed by atoms with Crippen LogP contribution >= 0.6 is 58.0 Å². The lowest BCUT2D eigenvalue weighted by Crippen LogP contribution is -2.27. The Kier molecular flexibility index (Phi) is 8.06. The fraction of sp³-hybridized carbons (Fsp3) is 0.227. The van der Waals surface area contributed by atoms with Crippen LogP contribution in [0.3, 0.4) is 0 Å².